The zero-order chi connectivity index (χ0) is 13.2. The van der Waals surface area contributed by atoms with E-state index < -0.39 is 23.1 Å². The molecule has 1 aromatic carbocycles. The summed E-state index contributed by atoms with van der Waals surface area (Å²) in [5.74, 6) is -3.03. The number of halogens is 2. The number of hydrogen-bond donors (Lipinski definition) is 2. The van der Waals surface area contributed by atoms with Crippen LogP contribution in [0.25, 0.3) is 0 Å². The maximum absolute atomic E-state index is 13.2. The summed E-state index contributed by atoms with van der Waals surface area (Å²) >= 11 is 5.69. The molecule has 0 bridgehead atoms. The van der Waals surface area contributed by atoms with Crippen molar-refractivity contribution in [1.29, 1.82) is 0 Å². The highest BCUT2D eigenvalue weighted by atomic mass is 35.5. The number of aliphatic carboxylic acids is 1. The molecule has 0 spiro atoms. The van der Waals surface area contributed by atoms with Gasteiger partial charge in [0.15, 0.2) is 0 Å². The maximum atomic E-state index is 13.2. The van der Waals surface area contributed by atoms with Crippen LogP contribution < -0.4 is 5.73 Å². The molecule has 0 aliphatic heterocycles. The van der Waals surface area contributed by atoms with Crippen molar-refractivity contribution in [3.8, 4) is 0 Å². The fourth-order valence-corrected chi connectivity index (χ4v) is 1.53. The summed E-state index contributed by atoms with van der Waals surface area (Å²) in [6.45, 7) is 1.18. The van der Waals surface area contributed by atoms with Crippen molar-refractivity contribution in [2.75, 3.05) is 0 Å². The first-order valence-electron chi connectivity index (χ1n) is 4.75. The third-order valence-electron chi connectivity index (χ3n) is 2.59. The van der Waals surface area contributed by atoms with E-state index in [2.05, 4.69) is 0 Å². The van der Waals surface area contributed by atoms with Gasteiger partial charge >= 0.3 is 5.97 Å². The van der Waals surface area contributed by atoms with Crippen LogP contribution in [0.4, 0.5) is 4.39 Å². The Labute approximate surface area is 102 Å². The second-order valence-electron chi connectivity index (χ2n) is 3.89. The van der Waals surface area contributed by atoms with Crippen LogP contribution in [0.3, 0.4) is 0 Å². The minimum absolute atomic E-state index is 0.193. The first-order valence-corrected chi connectivity index (χ1v) is 5.13. The summed E-state index contributed by atoms with van der Waals surface area (Å²) < 4.78 is 13.2. The van der Waals surface area contributed by atoms with Crippen LogP contribution in [0, 0.1) is 11.2 Å². The van der Waals surface area contributed by atoms with Crippen molar-refractivity contribution in [1.82, 2.24) is 0 Å². The standard InChI is InChI=1S/C11H11ClFNO3/c1-11(9(14)15,10(16)17)5-6-3-2-4-7(13)8(6)12/h2-4H,5H2,1H3,(H2,14,15)(H,16,17). The Morgan fingerprint density at radius 3 is 2.59 bits per heavy atom. The lowest BCUT2D eigenvalue weighted by Crippen LogP contribution is -2.43. The molecule has 0 heterocycles. The molecular weight excluding hydrogens is 249 g/mol. The molecule has 3 N–H and O–H groups in total. The Balaban J connectivity index is 3.16. The Morgan fingerprint density at radius 1 is 1.53 bits per heavy atom. The van der Waals surface area contributed by atoms with Crippen LogP contribution in [0.2, 0.25) is 5.02 Å². The molecular formula is C11H11ClFNO3. The molecule has 4 nitrogen and oxygen atoms in total. The summed E-state index contributed by atoms with van der Waals surface area (Å²) in [4.78, 5) is 22.2. The number of amides is 1. The molecule has 0 fully saturated rings. The number of carbonyl (C=O) groups is 2. The third kappa shape index (κ3) is 2.55. The van der Waals surface area contributed by atoms with E-state index in [9.17, 15) is 14.0 Å². The quantitative estimate of drug-likeness (QED) is 0.806. The SMILES string of the molecule is CC(Cc1cccc(F)c1Cl)(C(N)=O)C(=O)O. The smallest absolute Gasteiger partial charge is 0.319 e. The van der Waals surface area contributed by atoms with Gasteiger partial charge in [0.1, 0.15) is 11.2 Å². The van der Waals surface area contributed by atoms with Gasteiger partial charge in [0.05, 0.1) is 5.02 Å². The number of nitrogens with two attached hydrogens (primary N) is 1. The monoisotopic (exact) mass is 259 g/mol. The maximum Gasteiger partial charge on any atom is 0.319 e. The number of carboxylic acids is 1. The van der Waals surface area contributed by atoms with Crippen molar-refractivity contribution >= 4 is 23.5 Å². The van der Waals surface area contributed by atoms with E-state index in [1.165, 1.54) is 19.1 Å². The highest BCUT2D eigenvalue weighted by molar-refractivity contribution is 6.31. The average Bonchev–Trinajstić information content (AvgIpc) is 2.24. The van der Waals surface area contributed by atoms with Gasteiger partial charge in [-0.05, 0) is 25.0 Å². The van der Waals surface area contributed by atoms with Crippen LogP contribution in [-0.2, 0) is 16.0 Å². The molecule has 1 aromatic rings. The van der Waals surface area contributed by atoms with E-state index in [0.29, 0.717) is 0 Å². The molecule has 1 amide bonds. The molecule has 0 aromatic heterocycles. The lowest BCUT2D eigenvalue weighted by Gasteiger charge is -2.21. The van der Waals surface area contributed by atoms with E-state index >= 15 is 0 Å². The zero-order valence-electron chi connectivity index (χ0n) is 9.04. The zero-order valence-corrected chi connectivity index (χ0v) is 9.79. The first kappa shape index (κ1) is 13.4. The molecule has 0 aliphatic carbocycles. The fraction of sp³-hybridized carbons (Fsp3) is 0.273. The van der Waals surface area contributed by atoms with E-state index in [1.54, 1.807) is 0 Å². The largest absolute Gasteiger partial charge is 0.480 e. The minimum atomic E-state index is -1.81. The van der Waals surface area contributed by atoms with Gasteiger partial charge in [0.25, 0.3) is 0 Å². The predicted octanol–water partition coefficient (Wildman–Crippen LogP) is 1.60. The van der Waals surface area contributed by atoms with Crippen molar-refractivity contribution in [3.05, 3.63) is 34.6 Å². The van der Waals surface area contributed by atoms with Crippen molar-refractivity contribution < 1.29 is 19.1 Å². The summed E-state index contributed by atoms with van der Waals surface area (Å²) in [5.41, 5.74) is 3.47. The van der Waals surface area contributed by atoms with Gasteiger partial charge < -0.3 is 10.8 Å². The van der Waals surface area contributed by atoms with Crippen LogP contribution in [0.15, 0.2) is 18.2 Å². The molecule has 0 radical (unpaired) electrons. The lowest BCUT2D eigenvalue weighted by molar-refractivity contribution is -0.153. The van der Waals surface area contributed by atoms with E-state index in [0.717, 1.165) is 6.07 Å². The van der Waals surface area contributed by atoms with Crippen LogP contribution in [0.5, 0.6) is 0 Å². The van der Waals surface area contributed by atoms with Crippen molar-refractivity contribution in [2.24, 2.45) is 11.1 Å². The highest BCUT2D eigenvalue weighted by Gasteiger charge is 2.40. The molecule has 0 saturated carbocycles. The summed E-state index contributed by atoms with van der Waals surface area (Å²) in [6.07, 6.45) is -0.256. The van der Waals surface area contributed by atoms with Crippen LogP contribution in [0.1, 0.15) is 12.5 Å². The normalized spacial score (nSPS) is 14.1. The van der Waals surface area contributed by atoms with Gasteiger partial charge in [-0.25, -0.2) is 4.39 Å². The second kappa shape index (κ2) is 4.71. The molecule has 0 saturated heterocycles. The van der Waals surface area contributed by atoms with Crippen molar-refractivity contribution in [3.63, 3.8) is 0 Å². The van der Waals surface area contributed by atoms with Crippen molar-refractivity contribution in [2.45, 2.75) is 13.3 Å². The van der Waals surface area contributed by atoms with Gasteiger partial charge in [-0.2, -0.15) is 0 Å². The van der Waals surface area contributed by atoms with E-state index in [1.807, 2.05) is 0 Å². The Hall–Kier alpha value is -1.62. The molecule has 1 unspecified atom stereocenters. The second-order valence-corrected chi connectivity index (χ2v) is 4.27. The molecule has 92 valence electrons. The molecule has 1 atom stereocenters. The van der Waals surface area contributed by atoms with Crippen LogP contribution >= 0.6 is 11.6 Å². The molecule has 0 aliphatic rings. The number of primary amides is 1. The van der Waals surface area contributed by atoms with Gasteiger partial charge in [-0.3, -0.25) is 9.59 Å². The fourth-order valence-electron chi connectivity index (χ4n) is 1.33. The molecule has 1 rings (SSSR count). The predicted molar refractivity (Wildman–Crippen MR) is 60.1 cm³/mol. The Kier molecular flexibility index (Phi) is 3.72. The number of carboxylic acid groups (broad SMARTS) is 1. The minimum Gasteiger partial charge on any atom is -0.480 e. The molecule has 17 heavy (non-hydrogen) atoms. The van der Waals surface area contributed by atoms with Gasteiger partial charge in [-0.15, -0.1) is 0 Å². The summed E-state index contributed by atoms with van der Waals surface area (Å²) in [6, 6.07) is 3.99. The number of benzene rings is 1. The Morgan fingerprint density at radius 2 is 2.12 bits per heavy atom. The topological polar surface area (TPSA) is 80.4 Å². The van der Waals surface area contributed by atoms with Crippen LogP contribution in [-0.4, -0.2) is 17.0 Å². The van der Waals surface area contributed by atoms with Gasteiger partial charge in [0, 0.05) is 0 Å². The highest BCUT2D eigenvalue weighted by Crippen LogP contribution is 2.28. The van der Waals surface area contributed by atoms with Gasteiger partial charge in [0.2, 0.25) is 5.91 Å². The van der Waals surface area contributed by atoms with E-state index in [-0.39, 0.29) is 17.0 Å². The number of carbonyl (C=O) groups excluding carboxylic acids is 1. The third-order valence-corrected chi connectivity index (χ3v) is 3.01. The first-order chi connectivity index (χ1) is 7.79. The Bertz CT molecular complexity index is 462. The summed E-state index contributed by atoms with van der Waals surface area (Å²) in [5, 5.41) is 8.79. The average molecular weight is 260 g/mol. The number of hydrogen-bond acceptors (Lipinski definition) is 2. The summed E-state index contributed by atoms with van der Waals surface area (Å²) in [7, 11) is 0. The van der Waals surface area contributed by atoms with E-state index in [4.69, 9.17) is 22.4 Å². The molecule has 6 heteroatoms. The lowest BCUT2D eigenvalue weighted by atomic mass is 9.83. The van der Waals surface area contributed by atoms with Gasteiger partial charge in [-0.1, -0.05) is 23.7 Å². The number of rotatable bonds is 4.